The molecule has 1 N–H and O–H groups in total. The molecule has 0 saturated heterocycles. The van der Waals surface area contributed by atoms with Gasteiger partial charge in [0.25, 0.3) is 0 Å². The van der Waals surface area contributed by atoms with Gasteiger partial charge in [0, 0.05) is 13.1 Å². The predicted octanol–water partition coefficient (Wildman–Crippen LogP) is 4.06. The molecule has 0 amide bonds. The Labute approximate surface area is 121 Å². The average Bonchev–Trinajstić information content (AvgIpc) is 2.41. The maximum absolute atomic E-state index is 3.71. The number of nitrogens with zero attached hydrogens (tertiary/aromatic N) is 1. The van der Waals surface area contributed by atoms with E-state index in [4.69, 9.17) is 0 Å². The molecule has 1 aliphatic rings. The largest absolute Gasteiger partial charge is 0.316 e. The molecule has 0 aromatic heterocycles. The summed E-state index contributed by atoms with van der Waals surface area (Å²) in [5.74, 6) is 0. The second-order valence-electron chi connectivity index (χ2n) is 6.51. The highest BCUT2D eigenvalue weighted by atomic mass is 15.1. The van der Waals surface area contributed by atoms with Crippen LogP contribution in [0.25, 0.3) is 0 Å². The van der Waals surface area contributed by atoms with Crippen LogP contribution in [0.5, 0.6) is 0 Å². The van der Waals surface area contributed by atoms with E-state index in [1.807, 2.05) is 0 Å². The van der Waals surface area contributed by atoms with Crippen LogP contribution < -0.4 is 5.32 Å². The zero-order valence-corrected chi connectivity index (χ0v) is 13.6. The molecule has 0 heterocycles. The van der Waals surface area contributed by atoms with Crippen molar-refractivity contribution in [2.24, 2.45) is 5.41 Å². The van der Waals surface area contributed by atoms with Crippen molar-refractivity contribution in [2.45, 2.75) is 72.1 Å². The Morgan fingerprint density at radius 3 is 2.05 bits per heavy atom. The van der Waals surface area contributed by atoms with Crippen LogP contribution in [0.3, 0.4) is 0 Å². The highest BCUT2D eigenvalue weighted by molar-refractivity contribution is 4.87. The Morgan fingerprint density at radius 2 is 1.53 bits per heavy atom. The molecule has 0 radical (unpaired) electrons. The Morgan fingerprint density at radius 1 is 0.895 bits per heavy atom. The maximum Gasteiger partial charge on any atom is 0.00501 e. The molecule has 1 rings (SSSR count). The van der Waals surface area contributed by atoms with Crippen molar-refractivity contribution in [2.75, 3.05) is 32.7 Å². The Hall–Kier alpha value is -0.0800. The fourth-order valence-electron chi connectivity index (χ4n) is 3.60. The molecule has 0 bridgehead atoms. The van der Waals surface area contributed by atoms with Gasteiger partial charge in [-0.15, -0.1) is 0 Å². The molecule has 2 nitrogen and oxygen atoms in total. The molecule has 0 unspecified atom stereocenters. The van der Waals surface area contributed by atoms with Gasteiger partial charge in [-0.1, -0.05) is 40.0 Å². The summed E-state index contributed by atoms with van der Waals surface area (Å²) in [5, 5.41) is 3.71. The van der Waals surface area contributed by atoms with Gasteiger partial charge in [-0.25, -0.2) is 0 Å². The summed E-state index contributed by atoms with van der Waals surface area (Å²) in [6.45, 7) is 13.2. The maximum atomic E-state index is 3.71. The second kappa shape index (κ2) is 9.77. The summed E-state index contributed by atoms with van der Waals surface area (Å²) in [7, 11) is 0. The molecule has 0 aliphatic heterocycles. The van der Waals surface area contributed by atoms with Gasteiger partial charge in [0.05, 0.1) is 0 Å². The van der Waals surface area contributed by atoms with E-state index in [9.17, 15) is 0 Å². The summed E-state index contributed by atoms with van der Waals surface area (Å²) in [6.07, 6.45) is 11.1. The summed E-state index contributed by atoms with van der Waals surface area (Å²) >= 11 is 0. The van der Waals surface area contributed by atoms with E-state index in [0.29, 0.717) is 5.41 Å². The number of nitrogens with one attached hydrogen (secondary N) is 1. The van der Waals surface area contributed by atoms with E-state index in [2.05, 4.69) is 31.0 Å². The lowest BCUT2D eigenvalue weighted by Crippen LogP contribution is -2.46. The van der Waals surface area contributed by atoms with Crippen LogP contribution in [0, 0.1) is 5.41 Å². The topological polar surface area (TPSA) is 15.3 Å². The van der Waals surface area contributed by atoms with Crippen molar-refractivity contribution in [1.82, 2.24) is 10.2 Å². The first-order valence-electron chi connectivity index (χ1n) is 8.69. The summed E-state index contributed by atoms with van der Waals surface area (Å²) in [6, 6.07) is 0. The molecule has 1 saturated carbocycles. The van der Waals surface area contributed by atoms with Gasteiger partial charge in [0.2, 0.25) is 0 Å². The lowest BCUT2D eigenvalue weighted by atomic mass is 9.73. The Kier molecular flexibility index (Phi) is 8.72. The predicted molar refractivity (Wildman–Crippen MR) is 85.7 cm³/mol. The quantitative estimate of drug-likeness (QED) is 0.601. The van der Waals surface area contributed by atoms with Gasteiger partial charge in [-0.05, 0) is 57.2 Å². The van der Waals surface area contributed by atoms with E-state index in [0.717, 1.165) is 0 Å². The van der Waals surface area contributed by atoms with Gasteiger partial charge in [-0.2, -0.15) is 0 Å². The summed E-state index contributed by atoms with van der Waals surface area (Å²) in [5.41, 5.74) is 0.567. The zero-order valence-electron chi connectivity index (χ0n) is 13.6. The fourth-order valence-corrected chi connectivity index (χ4v) is 3.60. The first-order chi connectivity index (χ1) is 9.26. The molecule has 19 heavy (non-hydrogen) atoms. The molecule has 1 fully saturated rings. The van der Waals surface area contributed by atoms with Crippen molar-refractivity contribution in [3.63, 3.8) is 0 Å². The smallest absolute Gasteiger partial charge is 0.00501 e. The van der Waals surface area contributed by atoms with E-state index >= 15 is 0 Å². The third kappa shape index (κ3) is 6.27. The van der Waals surface area contributed by atoms with Gasteiger partial charge in [-0.3, -0.25) is 0 Å². The first-order valence-corrected chi connectivity index (χ1v) is 8.69. The second-order valence-corrected chi connectivity index (χ2v) is 6.51. The molecule has 0 aromatic carbocycles. The zero-order chi connectivity index (χ0) is 14.0. The van der Waals surface area contributed by atoms with E-state index < -0.39 is 0 Å². The van der Waals surface area contributed by atoms with Crippen LogP contribution in [-0.2, 0) is 0 Å². The average molecular weight is 268 g/mol. The van der Waals surface area contributed by atoms with Crippen LogP contribution in [0.1, 0.15) is 72.1 Å². The van der Waals surface area contributed by atoms with Crippen LogP contribution in [0.4, 0.5) is 0 Å². The van der Waals surface area contributed by atoms with Crippen molar-refractivity contribution in [3.8, 4) is 0 Å². The van der Waals surface area contributed by atoms with E-state index in [1.54, 1.807) is 0 Å². The Bertz CT molecular complexity index is 203. The minimum atomic E-state index is 0.567. The molecule has 0 spiro atoms. The van der Waals surface area contributed by atoms with Crippen LogP contribution in [-0.4, -0.2) is 37.6 Å². The first kappa shape index (κ1) is 17.0. The van der Waals surface area contributed by atoms with Crippen LogP contribution in [0.2, 0.25) is 0 Å². The van der Waals surface area contributed by atoms with Crippen LogP contribution >= 0.6 is 0 Å². The third-order valence-electron chi connectivity index (χ3n) is 4.48. The lowest BCUT2D eigenvalue weighted by Gasteiger charge is -2.41. The molecule has 0 aromatic rings. The number of hydrogen-bond acceptors (Lipinski definition) is 2. The fraction of sp³-hybridized carbons (Fsp3) is 1.00. The minimum absolute atomic E-state index is 0.567. The third-order valence-corrected chi connectivity index (χ3v) is 4.48. The van der Waals surface area contributed by atoms with E-state index in [-0.39, 0.29) is 0 Å². The lowest BCUT2D eigenvalue weighted by molar-refractivity contribution is 0.102. The number of rotatable bonds is 10. The van der Waals surface area contributed by atoms with Gasteiger partial charge in [0.1, 0.15) is 0 Å². The SMILES string of the molecule is CCCNCC1(CN(CCC)CCC)CCCCC1. The molecule has 1 aliphatic carbocycles. The van der Waals surface area contributed by atoms with Crippen molar-refractivity contribution < 1.29 is 0 Å². The molecular formula is C17H36N2. The highest BCUT2D eigenvalue weighted by Crippen LogP contribution is 2.36. The summed E-state index contributed by atoms with van der Waals surface area (Å²) in [4.78, 5) is 2.72. The van der Waals surface area contributed by atoms with Crippen molar-refractivity contribution in [3.05, 3.63) is 0 Å². The van der Waals surface area contributed by atoms with E-state index in [1.165, 1.54) is 84.1 Å². The number of hydrogen-bond donors (Lipinski definition) is 1. The normalized spacial score (nSPS) is 18.9. The Balaban J connectivity index is 2.55. The van der Waals surface area contributed by atoms with Gasteiger partial charge >= 0.3 is 0 Å². The standard InChI is InChI=1S/C17H36N2/c1-4-12-18-15-17(10-8-7-9-11-17)16-19(13-5-2)14-6-3/h18H,4-16H2,1-3H3. The molecule has 0 atom stereocenters. The van der Waals surface area contributed by atoms with Gasteiger partial charge in [0.15, 0.2) is 0 Å². The van der Waals surface area contributed by atoms with Crippen LogP contribution in [0.15, 0.2) is 0 Å². The summed E-state index contributed by atoms with van der Waals surface area (Å²) < 4.78 is 0. The van der Waals surface area contributed by atoms with Gasteiger partial charge < -0.3 is 10.2 Å². The van der Waals surface area contributed by atoms with Crippen molar-refractivity contribution in [1.29, 1.82) is 0 Å². The molecular weight excluding hydrogens is 232 g/mol. The van der Waals surface area contributed by atoms with Crippen molar-refractivity contribution >= 4 is 0 Å². The molecule has 2 heteroatoms. The molecule has 114 valence electrons. The highest BCUT2D eigenvalue weighted by Gasteiger charge is 2.33. The minimum Gasteiger partial charge on any atom is -0.316 e. The monoisotopic (exact) mass is 268 g/mol.